The van der Waals surface area contributed by atoms with Gasteiger partial charge in [-0.1, -0.05) is 20.8 Å². The van der Waals surface area contributed by atoms with E-state index in [2.05, 4.69) is 17.6 Å². The van der Waals surface area contributed by atoms with Gasteiger partial charge in [-0.25, -0.2) is 9.59 Å². The average molecular weight is 422 g/mol. The van der Waals surface area contributed by atoms with E-state index in [1.54, 1.807) is 0 Å². The Morgan fingerprint density at radius 3 is 2.59 bits per heavy atom. The third-order valence-corrected chi connectivity index (χ3v) is 7.08. The number of urea groups is 1. The molecule has 0 unspecified atom stereocenters. The Balaban J connectivity index is 1.80. The van der Waals surface area contributed by atoms with Gasteiger partial charge in [0, 0.05) is 4.88 Å². The van der Waals surface area contributed by atoms with Crippen LogP contribution in [0, 0.1) is 5.92 Å². The van der Waals surface area contributed by atoms with E-state index < -0.39 is 35.9 Å². The molecule has 1 aliphatic heterocycles. The van der Waals surface area contributed by atoms with Crippen LogP contribution in [0.4, 0.5) is 9.80 Å². The summed E-state index contributed by atoms with van der Waals surface area (Å²) in [4.78, 5) is 52.0. The van der Waals surface area contributed by atoms with Crippen LogP contribution in [0.25, 0.3) is 0 Å². The van der Waals surface area contributed by atoms with Crippen molar-refractivity contribution in [3.63, 3.8) is 0 Å². The molecule has 9 heteroatoms. The van der Waals surface area contributed by atoms with Crippen molar-refractivity contribution >= 4 is 40.2 Å². The zero-order chi connectivity index (χ0) is 21.3. The van der Waals surface area contributed by atoms with Crippen molar-refractivity contribution in [2.75, 3.05) is 19.0 Å². The number of hydrogen-bond acceptors (Lipinski definition) is 6. The molecular formula is C20H27N3O5S. The molecule has 2 heterocycles. The van der Waals surface area contributed by atoms with Crippen molar-refractivity contribution < 1.29 is 23.9 Å². The van der Waals surface area contributed by atoms with Crippen LogP contribution in [0.5, 0.6) is 0 Å². The first-order valence-electron chi connectivity index (χ1n) is 9.93. The molecule has 1 saturated heterocycles. The SMILES string of the molecule is CCC1(CC)NC(=O)N(CC(=O)Nc2sc3c(c2C(=O)OC)CC[C@@H](C)C3)C1=O. The summed E-state index contributed by atoms with van der Waals surface area (Å²) in [5, 5.41) is 5.86. The van der Waals surface area contributed by atoms with E-state index >= 15 is 0 Å². The van der Waals surface area contributed by atoms with E-state index in [-0.39, 0.29) is 0 Å². The number of ether oxygens (including phenoxy) is 1. The first kappa shape index (κ1) is 21.3. The standard InChI is InChI=1S/C20H27N3O5S/c1-5-20(6-2)18(26)23(19(27)22-20)10-14(24)21-16-15(17(25)28-4)12-8-7-11(3)9-13(12)29-16/h11H,5-10H2,1-4H3,(H,21,24)(H,22,27)/t11-/m1/s1. The summed E-state index contributed by atoms with van der Waals surface area (Å²) in [6.07, 6.45) is 3.49. The molecule has 3 rings (SSSR count). The zero-order valence-electron chi connectivity index (χ0n) is 17.2. The lowest BCUT2D eigenvalue weighted by atomic mass is 9.88. The maximum absolute atomic E-state index is 12.7. The zero-order valence-corrected chi connectivity index (χ0v) is 18.0. The minimum Gasteiger partial charge on any atom is -0.465 e. The molecule has 1 fully saturated rings. The molecule has 1 atom stereocenters. The molecule has 8 nitrogen and oxygen atoms in total. The van der Waals surface area contributed by atoms with E-state index in [0.717, 1.165) is 34.6 Å². The summed E-state index contributed by atoms with van der Waals surface area (Å²) in [7, 11) is 1.31. The van der Waals surface area contributed by atoms with Crippen molar-refractivity contribution in [2.24, 2.45) is 5.92 Å². The van der Waals surface area contributed by atoms with Gasteiger partial charge in [-0.05, 0) is 43.6 Å². The number of carbonyl (C=O) groups is 4. The fraction of sp³-hybridized carbons (Fsp3) is 0.600. The van der Waals surface area contributed by atoms with Crippen molar-refractivity contribution in [3.8, 4) is 0 Å². The number of methoxy groups -OCH3 is 1. The topological polar surface area (TPSA) is 105 Å². The predicted molar refractivity (Wildman–Crippen MR) is 109 cm³/mol. The molecule has 0 spiro atoms. The van der Waals surface area contributed by atoms with Crippen molar-refractivity contribution in [1.29, 1.82) is 0 Å². The average Bonchev–Trinajstić information content (AvgIpc) is 3.16. The monoisotopic (exact) mass is 421 g/mol. The molecule has 2 N–H and O–H groups in total. The molecule has 29 heavy (non-hydrogen) atoms. The van der Waals surface area contributed by atoms with Gasteiger partial charge >= 0.3 is 12.0 Å². The van der Waals surface area contributed by atoms with Crippen molar-refractivity contribution in [3.05, 3.63) is 16.0 Å². The largest absolute Gasteiger partial charge is 0.465 e. The van der Waals surface area contributed by atoms with Crippen molar-refractivity contribution in [2.45, 2.75) is 58.4 Å². The van der Waals surface area contributed by atoms with Crippen LogP contribution in [-0.4, -0.2) is 47.9 Å². The van der Waals surface area contributed by atoms with E-state index in [4.69, 9.17) is 4.74 Å². The van der Waals surface area contributed by atoms with Crippen LogP contribution in [0.15, 0.2) is 0 Å². The van der Waals surface area contributed by atoms with Gasteiger partial charge in [0.2, 0.25) is 5.91 Å². The first-order valence-corrected chi connectivity index (χ1v) is 10.7. The second-order valence-electron chi connectivity index (χ2n) is 7.71. The lowest BCUT2D eigenvalue weighted by Gasteiger charge is -2.22. The number of hydrogen-bond donors (Lipinski definition) is 2. The highest BCUT2D eigenvalue weighted by Crippen LogP contribution is 2.40. The fourth-order valence-corrected chi connectivity index (χ4v) is 5.43. The number of thiophene rings is 1. The molecule has 1 aromatic rings. The van der Waals surface area contributed by atoms with E-state index in [1.807, 2.05) is 13.8 Å². The summed E-state index contributed by atoms with van der Waals surface area (Å²) in [5.74, 6) is -0.890. The number of nitrogens with zero attached hydrogens (tertiary/aromatic N) is 1. The summed E-state index contributed by atoms with van der Waals surface area (Å²) < 4.78 is 4.92. The number of anilines is 1. The second kappa shape index (κ2) is 8.14. The number of rotatable bonds is 6. The molecule has 1 aliphatic carbocycles. The highest BCUT2D eigenvalue weighted by Gasteiger charge is 2.49. The van der Waals surface area contributed by atoms with Crippen molar-refractivity contribution in [1.82, 2.24) is 10.2 Å². The Labute approximate surface area is 174 Å². The van der Waals surface area contributed by atoms with Gasteiger partial charge < -0.3 is 15.4 Å². The summed E-state index contributed by atoms with van der Waals surface area (Å²) in [6, 6.07) is -0.568. The molecule has 158 valence electrons. The van der Waals surface area contributed by atoms with Gasteiger partial charge in [0.15, 0.2) is 0 Å². The Morgan fingerprint density at radius 1 is 1.31 bits per heavy atom. The Kier molecular flexibility index (Phi) is 5.97. The smallest absolute Gasteiger partial charge is 0.341 e. The molecule has 2 aliphatic rings. The van der Waals surface area contributed by atoms with Crippen LogP contribution in [0.1, 0.15) is 60.8 Å². The number of nitrogens with one attached hydrogen (secondary N) is 2. The molecule has 1 aromatic heterocycles. The minimum atomic E-state index is -0.952. The summed E-state index contributed by atoms with van der Waals surface area (Å²) in [5.41, 5.74) is 0.370. The third kappa shape index (κ3) is 3.75. The van der Waals surface area contributed by atoms with Crippen LogP contribution < -0.4 is 10.6 Å². The highest BCUT2D eigenvalue weighted by atomic mass is 32.1. The summed E-state index contributed by atoms with van der Waals surface area (Å²) in [6.45, 7) is 5.41. The lowest BCUT2D eigenvalue weighted by Crippen LogP contribution is -2.46. The number of amides is 4. The Morgan fingerprint density at radius 2 is 2.00 bits per heavy atom. The third-order valence-electron chi connectivity index (χ3n) is 5.91. The van der Waals surface area contributed by atoms with Crippen LogP contribution in [0.3, 0.4) is 0 Å². The van der Waals surface area contributed by atoms with Gasteiger partial charge in [0.1, 0.15) is 17.1 Å². The van der Waals surface area contributed by atoms with Gasteiger partial charge in [-0.2, -0.15) is 0 Å². The number of esters is 1. The minimum absolute atomic E-state index is 0.390. The maximum Gasteiger partial charge on any atom is 0.341 e. The molecule has 4 amide bonds. The summed E-state index contributed by atoms with van der Waals surface area (Å²) >= 11 is 1.37. The molecule has 0 radical (unpaired) electrons. The van der Waals surface area contributed by atoms with E-state index in [1.165, 1.54) is 18.4 Å². The van der Waals surface area contributed by atoms with Crippen LogP contribution in [-0.2, 0) is 27.2 Å². The van der Waals surface area contributed by atoms with Gasteiger partial charge in [0.05, 0.1) is 12.7 Å². The Bertz CT molecular complexity index is 859. The maximum atomic E-state index is 12.7. The Hall–Kier alpha value is -2.42. The normalized spacial score (nSPS) is 20.3. The van der Waals surface area contributed by atoms with Crippen LogP contribution >= 0.6 is 11.3 Å². The fourth-order valence-electron chi connectivity index (χ4n) is 4.02. The number of fused-ring (bicyclic) bond motifs is 1. The van der Waals surface area contributed by atoms with Gasteiger partial charge in [-0.3, -0.25) is 14.5 Å². The molecular weight excluding hydrogens is 394 g/mol. The quantitative estimate of drug-likeness (QED) is 0.543. The first-order chi connectivity index (χ1) is 13.8. The number of carbonyl (C=O) groups excluding carboxylic acids is 4. The van der Waals surface area contributed by atoms with Gasteiger partial charge in [-0.15, -0.1) is 11.3 Å². The molecule has 0 bridgehead atoms. The lowest BCUT2D eigenvalue weighted by molar-refractivity contribution is -0.134. The molecule has 0 aromatic carbocycles. The molecule has 0 saturated carbocycles. The predicted octanol–water partition coefficient (Wildman–Crippen LogP) is 2.71. The van der Waals surface area contributed by atoms with Crippen LogP contribution in [0.2, 0.25) is 0 Å². The number of imide groups is 1. The highest BCUT2D eigenvalue weighted by molar-refractivity contribution is 7.17. The van der Waals surface area contributed by atoms with E-state index in [0.29, 0.717) is 29.3 Å². The van der Waals surface area contributed by atoms with Gasteiger partial charge in [0.25, 0.3) is 5.91 Å². The second-order valence-corrected chi connectivity index (χ2v) is 8.81. The van der Waals surface area contributed by atoms with E-state index in [9.17, 15) is 19.2 Å².